The first kappa shape index (κ1) is 14.4. The molecule has 0 amide bonds. The molecule has 0 aromatic heterocycles. The molecule has 0 bridgehead atoms. The summed E-state index contributed by atoms with van der Waals surface area (Å²) in [6.07, 6.45) is -4.58. The van der Waals surface area contributed by atoms with Gasteiger partial charge in [-0.05, 0) is 19.8 Å². The third-order valence-electron chi connectivity index (χ3n) is 3.64. The van der Waals surface area contributed by atoms with Crippen LogP contribution in [0.2, 0.25) is 0 Å². The van der Waals surface area contributed by atoms with Crippen molar-refractivity contribution in [3.63, 3.8) is 0 Å². The fraction of sp³-hybridized carbons (Fsp3) is 1.00. The van der Waals surface area contributed by atoms with Crippen molar-refractivity contribution < 1.29 is 34.0 Å². The van der Waals surface area contributed by atoms with Gasteiger partial charge in [-0.3, -0.25) is 4.57 Å². The van der Waals surface area contributed by atoms with Gasteiger partial charge in [-0.25, -0.2) is 0 Å². The Morgan fingerprint density at radius 2 is 1.89 bits per heavy atom. The SMILES string of the molecule is CC1O[C@H](CC2CCOP2(=O)O)[C@@H](O)[C@H](O)[C@@H]1O. The van der Waals surface area contributed by atoms with E-state index in [0.29, 0.717) is 6.42 Å². The fourth-order valence-corrected chi connectivity index (χ4v) is 3.92. The monoisotopic (exact) mass is 282 g/mol. The number of aliphatic hydroxyl groups is 3. The van der Waals surface area contributed by atoms with E-state index >= 15 is 0 Å². The lowest BCUT2D eigenvalue weighted by Gasteiger charge is -2.40. The van der Waals surface area contributed by atoms with E-state index in [1.54, 1.807) is 6.92 Å². The fourth-order valence-electron chi connectivity index (χ4n) is 2.44. The van der Waals surface area contributed by atoms with E-state index in [-0.39, 0.29) is 13.0 Å². The zero-order valence-corrected chi connectivity index (χ0v) is 10.9. The topological polar surface area (TPSA) is 116 Å². The summed E-state index contributed by atoms with van der Waals surface area (Å²) in [7, 11) is -3.64. The van der Waals surface area contributed by atoms with Gasteiger partial charge in [-0.15, -0.1) is 0 Å². The predicted molar refractivity (Wildman–Crippen MR) is 61.2 cm³/mol. The first-order chi connectivity index (χ1) is 8.33. The molecular weight excluding hydrogens is 263 g/mol. The Hall–Kier alpha value is -0.0100. The quantitative estimate of drug-likeness (QED) is 0.491. The standard InChI is InChI=1S/C10H19O7P/c1-5-8(11)10(13)9(12)7(17-5)4-6-2-3-16-18(6,14)15/h5-13H,2-4H2,1H3,(H,14,15)/t5?,6?,7-,8-,9-,10-/m1/s1. The molecule has 2 rings (SSSR count). The minimum absolute atomic E-state index is 0.128. The molecule has 2 heterocycles. The van der Waals surface area contributed by atoms with Crippen molar-refractivity contribution in [3.8, 4) is 0 Å². The van der Waals surface area contributed by atoms with E-state index in [9.17, 15) is 24.8 Å². The van der Waals surface area contributed by atoms with Crippen molar-refractivity contribution in [1.82, 2.24) is 0 Å². The second-order valence-electron chi connectivity index (χ2n) is 4.93. The Morgan fingerprint density at radius 3 is 2.44 bits per heavy atom. The van der Waals surface area contributed by atoms with E-state index in [0.717, 1.165) is 0 Å². The van der Waals surface area contributed by atoms with Crippen LogP contribution < -0.4 is 0 Å². The van der Waals surface area contributed by atoms with Crippen molar-refractivity contribution in [1.29, 1.82) is 0 Å². The van der Waals surface area contributed by atoms with Gasteiger partial charge in [0.05, 0.1) is 24.5 Å². The molecule has 106 valence electrons. The molecule has 7 atom stereocenters. The first-order valence-corrected chi connectivity index (χ1v) is 7.64. The lowest BCUT2D eigenvalue weighted by atomic mass is 9.93. The highest BCUT2D eigenvalue weighted by Crippen LogP contribution is 2.55. The van der Waals surface area contributed by atoms with Gasteiger partial charge in [0.2, 0.25) is 0 Å². The van der Waals surface area contributed by atoms with Crippen molar-refractivity contribution in [2.75, 3.05) is 6.61 Å². The smallest absolute Gasteiger partial charge is 0.331 e. The third kappa shape index (κ3) is 2.63. The van der Waals surface area contributed by atoms with Crippen LogP contribution in [0.15, 0.2) is 0 Å². The summed E-state index contributed by atoms with van der Waals surface area (Å²) in [5, 5.41) is 29.0. The van der Waals surface area contributed by atoms with Gasteiger partial charge in [0.25, 0.3) is 0 Å². The van der Waals surface area contributed by atoms with Crippen LogP contribution >= 0.6 is 7.60 Å². The minimum atomic E-state index is -3.64. The molecule has 2 aliphatic rings. The lowest BCUT2D eigenvalue weighted by molar-refractivity contribution is -0.218. The van der Waals surface area contributed by atoms with Crippen LogP contribution in [0.25, 0.3) is 0 Å². The highest BCUT2D eigenvalue weighted by Gasteiger charge is 2.46. The number of aliphatic hydroxyl groups excluding tert-OH is 3. The maximum absolute atomic E-state index is 11.6. The van der Waals surface area contributed by atoms with Crippen molar-refractivity contribution in [3.05, 3.63) is 0 Å². The number of hydrogen-bond acceptors (Lipinski definition) is 6. The molecule has 0 aliphatic carbocycles. The molecule has 4 N–H and O–H groups in total. The summed E-state index contributed by atoms with van der Waals surface area (Å²) in [4.78, 5) is 9.54. The molecule has 3 unspecified atom stereocenters. The van der Waals surface area contributed by atoms with E-state index < -0.39 is 43.8 Å². The Morgan fingerprint density at radius 1 is 1.22 bits per heavy atom. The molecule has 7 nitrogen and oxygen atoms in total. The number of hydrogen-bond donors (Lipinski definition) is 4. The maximum atomic E-state index is 11.6. The maximum Gasteiger partial charge on any atom is 0.331 e. The molecule has 0 aromatic carbocycles. The van der Waals surface area contributed by atoms with Crippen molar-refractivity contribution in [2.45, 2.75) is 55.9 Å². The Labute approximate surface area is 105 Å². The molecule has 2 fully saturated rings. The third-order valence-corrected chi connectivity index (χ3v) is 5.59. The van der Waals surface area contributed by atoms with Crippen LogP contribution in [-0.4, -0.2) is 63.0 Å². The second kappa shape index (κ2) is 5.17. The second-order valence-corrected chi connectivity index (χ2v) is 7.04. The molecule has 0 spiro atoms. The Kier molecular flexibility index (Phi) is 4.14. The predicted octanol–water partition coefficient (Wildman–Crippen LogP) is -0.779. The Balaban J connectivity index is 2.03. The molecular formula is C10H19O7P. The van der Waals surface area contributed by atoms with Crippen molar-refractivity contribution in [2.24, 2.45) is 0 Å². The molecule has 2 aliphatic heterocycles. The summed E-state index contributed by atoms with van der Waals surface area (Å²) in [6, 6.07) is 0. The minimum Gasteiger partial charge on any atom is -0.388 e. The zero-order valence-electron chi connectivity index (χ0n) is 10.0. The van der Waals surface area contributed by atoms with Gasteiger partial charge >= 0.3 is 7.60 Å². The van der Waals surface area contributed by atoms with Crippen LogP contribution in [-0.2, 0) is 13.8 Å². The zero-order chi connectivity index (χ0) is 13.5. The number of ether oxygens (including phenoxy) is 1. The van der Waals surface area contributed by atoms with Gasteiger partial charge in [0, 0.05) is 0 Å². The normalized spacial score (nSPS) is 53.6. The largest absolute Gasteiger partial charge is 0.388 e. The lowest BCUT2D eigenvalue weighted by Crippen LogP contribution is -2.57. The summed E-state index contributed by atoms with van der Waals surface area (Å²) >= 11 is 0. The van der Waals surface area contributed by atoms with Crippen LogP contribution in [0.1, 0.15) is 19.8 Å². The summed E-state index contributed by atoms with van der Waals surface area (Å²) in [6.45, 7) is 1.79. The van der Waals surface area contributed by atoms with Gasteiger partial charge in [0.15, 0.2) is 0 Å². The Bertz CT molecular complexity index is 349. The summed E-state index contributed by atoms with van der Waals surface area (Å²) in [5.41, 5.74) is -0.591. The molecule has 0 radical (unpaired) electrons. The van der Waals surface area contributed by atoms with Gasteiger partial charge in [0.1, 0.15) is 18.3 Å². The van der Waals surface area contributed by atoms with Crippen molar-refractivity contribution >= 4 is 7.60 Å². The van der Waals surface area contributed by atoms with Gasteiger partial charge < -0.3 is 29.5 Å². The molecule has 0 saturated carbocycles. The summed E-state index contributed by atoms with van der Waals surface area (Å²) < 4.78 is 21.8. The molecule has 18 heavy (non-hydrogen) atoms. The summed E-state index contributed by atoms with van der Waals surface area (Å²) in [5.74, 6) is 0. The van der Waals surface area contributed by atoms with Crippen LogP contribution in [0.5, 0.6) is 0 Å². The van der Waals surface area contributed by atoms with E-state index in [1.165, 1.54) is 0 Å². The van der Waals surface area contributed by atoms with Crippen LogP contribution in [0, 0.1) is 0 Å². The average molecular weight is 282 g/mol. The van der Waals surface area contributed by atoms with E-state index in [1.807, 2.05) is 0 Å². The van der Waals surface area contributed by atoms with Gasteiger partial charge in [-0.1, -0.05) is 0 Å². The van der Waals surface area contributed by atoms with E-state index in [2.05, 4.69) is 0 Å². The average Bonchev–Trinajstić information content (AvgIpc) is 2.63. The highest BCUT2D eigenvalue weighted by atomic mass is 31.2. The van der Waals surface area contributed by atoms with Crippen LogP contribution in [0.3, 0.4) is 0 Å². The molecule has 8 heteroatoms. The number of rotatable bonds is 2. The highest BCUT2D eigenvalue weighted by molar-refractivity contribution is 7.53. The van der Waals surface area contributed by atoms with E-state index in [4.69, 9.17) is 9.26 Å². The van der Waals surface area contributed by atoms with Crippen LogP contribution in [0.4, 0.5) is 0 Å². The molecule has 2 saturated heterocycles. The molecule has 0 aromatic rings. The van der Waals surface area contributed by atoms with Gasteiger partial charge in [-0.2, -0.15) is 0 Å². The first-order valence-electron chi connectivity index (χ1n) is 5.99.